The molecule has 1 aliphatic rings. The van der Waals surface area contributed by atoms with Gasteiger partial charge in [0.2, 0.25) is 0 Å². The highest BCUT2D eigenvalue weighted by Gasteiger charge is 2.24. The number of amides is 1. The monoisotopic (exact) mass is 372 g/mol. The van der Waals surface area contributed by atoms with Crippen molar-refractivity contribution in [1.82, 2.24) is 15.2 Å². The van der Waals surface area contributed by atoms with Crippen molar-refractivity contribution in [3.05, 3.63) is 77.1 Å². The molecule has 1 aliphatic heterocycles. The number of carbonyl (C=O) groups excluding carboxylic acids is 1. The van der Waals surface area contributed by atoms with Gasteiger partial charge in [-0.25, -0.2) is 0 Å². The molecule has 0 saturated heterocycles. The van der Waals surface area contributed by atoms with Crippen molar-refractivity contribution in [1.29, 1.82) is 0 Å². The summed E-state index contributed by atoms with van der Waals surface area (Å²) in [6.45, 7) is 0. The van der Waals surface area contributed by atoms with Crippen molar-refractivity contribution in [3.63, 3.8) is 0 Å². The molecule has 130 valence electrons. The fraction of sp³-hybridized carbons (Fsp3) is 0. The Bertz CT molecular complexity index is 1230. The van der Waals surface area contributed by atoms with Crippen molar-refractivity contribution in [2.24, 2.45) is 0 Å². The Hall–Kier alpha value is -3.44. The molecule has 0 radical (unpaired) electrons. The van der Waals surface area contributed by atoms with E-state index < -0.39 is 0 Å². The zero-order valence-corrected chi connectivity index (χ0v) is 14.8. The quantitative estimate of drug-likeness (QED) is 0.498. The smallest absolute Gasteiger partial charge is 0.256 e. The second kappa shape index (κ2) is 6.07. The second-order valence-electron chi connectivity index (χ2n) is 6.32. The third-order valence-corrected chi connectivity index (χ3v) is 4.83. The van der Waals surface area contributed by atoms with Gasteiger partial charge in [-0.2, -0.15) is 5.10 Å². The van der Waals surface area contributed by atoms with Gasteiger partial charge in [-0.15, -0.1) is 0 Å². The largest absolute Gasteiger partial charge is 0.321 e. The first-order chi connectivity index (χ1) is 13.2. The van der Waals surface area contributed by atoms with Gasteiger partial charge in [0.25, 0.3) is 5.91 Å². The summed E-state index contributed by atoms with van der Waals surface area (Å²) in [6.07, 6.45) is 5.38. The highest BCUT2D eigenvalue weighted by Crippen LogP contribution is 2.35. The van der Waals surface area contributed by atoms with Crippen LogP contribution in [0.5, 0.6) is 0 Å². The predicted octanol–water partition coefficient (Wildman–Crippen LogP) is 4.77. The molecule has 0 aliphatic carbocycles. The van der Waals surface area contributed by atoms with E-state index in [0.29, 0.717) is 10.6 Å². The third-order valence-electron chi connectivity index (χ3n) is 4.60. The lowest BCUT2D eigenvalue weighted by molar-refractivity contribution is -0.110. The van der Waals surface area contributed by atoms with Gasteiger partial charge < -0.3 is 5.32 Å². The summed E-state index contributed by atoms with van der Waals surface area (Å²) in [5.41, 5.74) is 5.79. The number of H-pyrrole nitrogens is 1. The molecule has 5 nitrogen and oxygen atoms in total. The SMILES string of the molecule is O=C1Nc2ccc(Cl)cc2/C1=C/c1ccc2c(-c3cccnc3)n[nH]c2c1. The molecule has 5 rings (SSSR count). The zero-order chi connectivity index (χ0) is 18.4. The maximum Gasteiger partial charge on any atom is 0.256 e. The van der Waals surface area contributed by atoms with Crippen LogP contribution < -0.4 is 5.32 Å². The van der Waals surface area contributed by atoms with Crippen LogP contribution in [-0.2, 0) is 4.79 Å². The lowest BCUT2D eigenvalue weighted by atomic mass is 10.0. The number of pyridine rings is 1. The Morgan fingerprint density at radius 3 is 2.85 bits per heavy atom. The lowest BCUT2D eigenvalue weighted by Crippen LogP contribution is -2.03. The van der Waals surface area contributed by atoms with Gasteiger partial charge in [0.1, 0.15) is 5.69 Å². The standard InChI is InChI=1S/C21H13ClN4O/c22-14-4-6-18-16(10-14)17(21(27)24-18)8-12-3-5-15-19(9-12)25-26-20(15)13-2-1-7-23-11-13/h1-11H,(H,24,27)(H,25,26)/b17-8-. The molecule has 0 fully saturated rings. The Morgan fingerprint density at radius 1 is 1.07 bits per heavy atom. The van der Waals surface area contributed by atoms with Crippen LogP contribution in [0.3, 0.4) is 0 Å². The summed E-state index contributed by atoms with van der Waals surface area (Å²) in [5, 5.41) is 11.9. The molecule has 0 saturated carbocycles. The number of aromatic amines is 1. The second-order valence-corrected chi connectivity index (χ2v) is 6.76. The summed E-state index contributed by atoms with van der Waals surface area (Å²) in [6, 6.07) is 15.2. The van der Waals surface area contributed by atoms with E-state index in [4.69, 9.17) is 11.6 Å². The first kappa shape index (κ1) is 15.8. The van der Waals surface area contributed by atoms with E-state index in [1.165, 1.54) is 0 Å². The van der Waals surface area contributed by atoms with Crippen LogP contribution in [0.15, 0.2) is 60.9 Å². The molecule has 4 aromatic rings. The average molecular weight is 373 g/mol. The number of halogens is 1. The topological polar surface area (TPSA) is 70.7 Å². The predicted molar refractivity (Wildman–Crippen MR) is 107 cm³/mol. The van der Waals surface area contributed by atoms with Gasteiger partial charge in [0.15, 0.2) is 0 Å². The van der Waals surface area contributed by atoms with Crippen molar-refractivity contribution >= 4 is 45.7 Å². The van der Waals surface area contributed by atoms with E-state index in [0.717, 1.165) is 39.0 Å². The van der Waals surface area contributed by atoms with E-state index in [1.807, 2.05) is 42.5 Å². The molecule has 0 spiro atoms. The van der Waals surface area contributed by atoms with Gasteiger partial charge in [-0.05, 0) is 54.1 Å². The number of rotatable bonds is 2. The number of benzene rings is 2. The summed E-state index contributed by atoms with van der Waals surface area (Å²) >= 11 is 6.09. The van der Waals surface area contributed by atoms with Crippen molar-refractivity contribution in [2.75, 3.05) is 5.32 Å². The lowest BCUT2D eigenvalue weighted by Gasteiger charge is -2.01. The maximum absolute atomic E-state index is 12.4. The number of hydrogen-bond acceptors (Lipinski definition) is 3. The number of anilines is 1. The first-order valence-electron chi connectivity index (χ1n) is 8.40. The van der Waals surface area contributed by atoms with E-state index in [-0.39, 0.29) is 5.91 Å². The average Bonchev–Trinajstić information content (AvgIpc) is 3.24. The fourth-order valence-corrected chi connectivity index (χ4v) is 3.49. The molecule has 1 amide bonds. The number of carbonyl (C=O) groups is 1. The highest BCUT2D eigenvalue weighted by atomic mass is 35.5. The first-order valence-corrected chi connectivity index (χ1v) is 8.78. The number of nitrogens with zero attached hydrogens (tertiary/aromatic N) is 2. The molecule has 2 aromatic heterocycles. The Morgan fingerprint density at radius 2 is 2.00 bits per heavy atom. The van der Waals surface area contributed by atoms with E-state index in [9.17, 15) is 4.79 Å². The van der Waals surface area contributed by atoms with Crippen molar-refractivity contribution in [3.8, 4) is 11.3 Å². The third kappa shape index (κ3) is 2.69. The van der Waals surface area contributed by atoms with Crippen LogP contribution in [0.2, 0.25) is 5.02 Å². The highest BCUT2D eigenvalue weighted by molar-refractivity contribution is 6.36. The molecule has 2 N–H and O–H groups in total. The van der Waals surface area contributed by atoms with E-state index in [1.54, 1.807) is 24.5 Å². The van der Waals surface area contributed by atoms with Crippen LogP contribution in [0, 0.1) is 0 Å². The molecular formula is C21H13ClN4O. The minimum Gasteiger partial charge on any atom is -0.321 e. The molecular weight excluding hydrogens is 360 g/mol. The van der Waals surface area contributed by atoms with Crippen LogP contribution in [0.25, 0.3) is 33.8 Å². The minimum atomic E-state index is -0.131. The van der Waals surface area contributed by atoms with Gasteiger partial charge in [-0.3, -0.25) is 14.9 Å². The number of aromatic nitrogens is 3. The van der Waals surface area contributed by atoms with Gasteiger partial charge >= 0.3 is 0 Å². The summed E-state index contributed by atoms with van der Waals surface area (Å²) in [4.78, 5) is 16.5. The Balaban J connectivity index is 1.59. The summed E-state index contributed by atoms with van der Waals surface area (Å²) in [5.74, 6) is -0.131. The van der Waals surface area contributed by atoms with Crippen LogP contribution in [0.1, 0.15) is 11.1 Å². The van der Waals surface area contributed by atoms with Crippen LogP contribution >= 0.6 is 11.6 Å². The fourth-order valence-electron chi connectivity index (χ4n) is 3.32. The van der Waals surface area contributed by atoms with E-state index >= 15 is 0 Å². The number of fused-ring (bicyclic) bond motifs is 2. The minimum absolute atomic E-state index is 0.131. The van der Waals surface area contributed by atoms with Gasteiger partial charge in [0.05, 0.1) is 5.52 Å². The molecule has 2 aromatic carbocycles. The Kier molecular flexibility index (Phi) is 3.55. The molecule has 0 unspecified atom stereocenters. The van der Waals surface area contributed by atoms with Crippen LogP contribution in [0.4, 0.5) is 5.69 Å². The van der Waals surface area contributed by atoms with Crippen molar-refractivity contribution < 1.29 is 4.79 Å². The molecule has 0 atom stereocenters. The van der Waals surface area contributed by atoms with Gasteiger partial charge in [-0.1, -0.05) is 17.7 Å². The normalized spacial score (nSPS) is 14.6. The molecule has 6 heteroatoms. The van der Waals surface area contributed by atoms with Crippen molar-refractivity contribution in [2.45, 2.75) is 0 Å². The van der Waals surface area contributed by atoms with Crippen LogP contribution in [-0.4, -0.2) is 21.1 Å². The molecule has 0 bridgehead atoms. The Labute approximate surface area is 159 Å². The van der Waals surface area contributed by atoms with Gasteiger partial charge in [0, 0.05) is 45.2 Å². The maximum atomic E-state index is 12.4. The number of nitrogens with one attached hydrogen (secondary N) is 2. The zero-order valence-electron chi connectivity index (χ0n) is 14.0. The molecule has 3 heterocycles. The summed E-state index contributed by atoms with van der Waals surface area (Å²) < 4.78 is 0. The number of hydrogen-bond donors (Lipinski definition) is 2. The summed E-state index contributed by atoms with van der Waals surface area (Å²) in [7, 11) is 0. The van der Waals surface area contributed by atoms with E-state index in [2.05, 4.69) is 20.5 Å². The molecule has 27 heavy (non-hydrogen) atoms.